The Bertz CT molecular complexity index is 912. The van der Waals surface area contributed by atoms with Crippen LogP contribution in [0.4, 0.5) is 11.4 Å². The van der Waals surface area contributed by atoms with E-state index >= 15 is 0 Å². The highest BCUT2D eigenvalue weighted by atomic mass is 79.9. The highest BCUT2D eigenvalue weighted by Crippen LogP contribution is 2.32. The minimum atomic E-state index is -0.454. The summed E-state index contributed by atoms with van der Waals surface area (Å²) >= 11 is 3.34. The number of amides is 1. The second-order valence-corrected chi connectivity index (χ2v) is 8.86. The molecule has 2 aromatic rings. The lowest BCUT2D eigenvalue weighted by Crippen LogP contribution is -2.50. The van der Waals surface area contributed by atoms with Crippen LogP contribution >= 0.6 is 15.9 Å². The third kappa shape index (κ3) is 5.06. The molecule has 7 nitrogen and oxygen atoms in total. The van der Waals surface area contributed by atoms with Crippen molar-refractivity contribution in [1.82, 2.24) is 9.80 Å². The molecule has 2 aliphatic rings. The third-order valence-corrected chi connectivity index (χ3v) is 6.43. The van der Waals surface area contributed by atoms with E-state index in [0.717, 1.165) is 37.7 Å². The molecule has 1 heterocycles. The summed E-state index contributed by atoms with van der Waals surface area (Å²) in [6.45, 7) is 4.77. The molecule has 2 fully saturated rings. The molecule has 4 rings (SSSR count). The van der Waals surface area contributed by atoms with Gasteiger partial charge < -0.3 is 10.2 Å². The van der Waals surface area contributed by atoms with Gasteiger partial charge in [-0.1, -0.05) is 30.3 Å². The van der Waals surface area contributed by atoms with E-state index < -0.39 is 11.0 Å². The summed E-state index contributed by atoms with van der Waals surface area (Å²) in [6, 6.07) is 13.8. The largest absolute Gasteiger partial charge is 0.323 e. The molecule has 1 saturated carbocycles. The van der Waals surface area contributed by atoms with Crippen molar-refractivity contribution in [2.75, 3.05) is 38.0 Å². The van der Waals surface area contributed by atoms with Crippen molar-refractivity contribution < 1.29 is 9.72 Å². The number of nitro groups is 1. The van der Waals surface area contributed by atoms with E-state index in [1.165, 1.54) is 31.5 Å². The molecule has 1 aliphatic carbocycles. The minimum absolute atomic E-state index is 0.0220. The quantitative estimate of drug-likeness (QED) is 0.485. The molecular weight excluding hydrogens is 448 g/mol. The molecule has 0 radical (unpaired) electrons. The van der Waals surface area contributed by atoms with Crippen LogP contribution in [0.15, 0.2) is 53.0 Å². The van der Waals surface area contributed by atoms with Crippen LogP contribution in [0, 0.1) is 16.0 Å². The number of halogens is 1. The minimum Gasteiger partial charge on any atom is -0.323 e. The molecule has 158 valence electrons. The van der Waals surface area contributed by atoms with Crippen LogP contribution in [0.1, 0.15) is 24.4 Å². The van der Waals surface area contributed by atoms with Crippen molar-refractivity contribution in [2.45, 2.75) is 18.9 Å². The Balaban J connectivity index is 1.50. The monoisotopic (exact) mass is 472 g/mol. The van der Waals surface area contributed by atoms with Gasteiger partial charge in [-0.2, -0.15) is 0 Å². The van der Waals surface area contributed by atoms with E-state index in [1.54, 1.807) is 6.07 Å². The van der Waals surface area contributed by atoms with Crippen LogP contribution in [0.5, 0.6) is 0 Å². The maximum absolute atomic E-state index is 13.3. The predicted molar refractivity (Wildman–Crippen MR) is 119 cm³/mol. The van der Waals surface area contributed by atoms with Gasteiger partial charge in [-0.15, -0.1) is 0 Å². The molecular formula is C22H25BrN4O3. The number of benzene rings is 2. The summed E-state index contributed by atoms with van der Waals surface area (Å²) < 4.78 is 0.492. The van der Waals surface area contributed by atoms with Gasteiger partial charge in [-0.25, -0.2) is 0 Å². The fraction of sp³-hybridized carbons (Fsp3) is 0.409. The molecule has 1 unspecified atom stereocenters. The Labute approximate surface area is 184 Å². The van der Waals surface area contributed by atoms with E-state index in [0.29, 0.717) is 10.2 Å². The molecule has 1 saturated heterocycles. The summed E-state index contributed by atoms with van der Waals surface area (Å²) in [5.74, 6) is 0.732. The molecule has 8 heteroatoms. The first-order chi connectivity index (χ1) is 14.5. The standard InChI is InChI=1S/C22H25BrN4O3/c23-19-14-18(27(29)30)8-9-20(19)24-22(28)21(17-4-2-1-3-5-17)26-12-10-25(11-13-26)15-16-6-7-16/h1-5,8-9,14,16,21H,6-7,10-13,15H2,(H,24,28). The lowest BCUT2D eigenvalue weighted by molar-refractivity contribution is -0.384. The number of carbonyl (C=O) groups excluding carboxylic acids is 1. The second kappa shape index (κ2) is 9.24. The van der Waals surface area contributed by atoms with Gasteiger partial charge in [-0.05, 0) is 46.3 Å². The zero-order valence-corrected chi connectivity index (χ0v) is 18.3. The topological polar surface area (TPSA) is 78.7 Å². The van der Waals surface area contributed by atoms with Crippen molar-refractivity contribution in [2.24, 2.45) is 5.92 Å². The lowest BCUT2D eigenvalue weighted by Gasteiger charge is -2.39. The Hall–Kier alpha value is -2.29. The third-order valence-electron chi connectivity index (χ3n) is 5.77. The van der Waals surface area contributed by atoms with Crippen molar-refractivity contribution in [1.29, 1.82) is 0 Å². The molecule has 2 aromatic carbocycles. The average molecular weight is 473 g/mol. The van der Waals surface area contributed by atoms with Gasteiger partial charge in [0, 0.05) is 49.3 Å². The number of rotatable bonds is 7. The Morgan fingerprint density at radius 3 is 2.43 bits per heavy atom. The lowest BCUT2D eigenvalue weighted by atomic mass is 10.0. The molecule has 0 bridgehead atoms. The molecule has 1 N–H and O–H groups in total. The maximum Gasteiger partial charge on any atom is 0.270 e. The number of non-ortho nitro benzene ring substituents is 1. The van der Waals surface area contributed by atoms with E-state index in [2.05, 4.69) is 31.0 Å². The van der Waals surface area contributed by atoms with E-state index in [4.69, 9.17) is 0 Å². The molecule has 1 aliphatic heterocycles. The number of nitro benzene ring substituents is 1. The van der Waals surface area contributed by atoms with Gasteiger partial charge in [0.05, 0.1) is 10.6 Å². The SMILES string of the molecule is O=C(Nc1ccc([N+](=O)[O-])cc1Br)C(c1ccccc1)N1CCN(CC2CC2)CC1. The van der Waals surface area contributed by atoms with Crippen LogP contribution in [0.25, 0.3) is 0 Å². The Morgan fingerprint density at radius 2 is 1.83 bits per heavy atom. The number of piperazine rings is 1. The van der Waals surface area contributed by atoms with Crippen LogP contribution < -0.4 is 5.32 Å². The van der Waals surface area contributed by atoms with Gasteiger partial charge in [0.1, 0.15) is 6.04 Å². The molecule has 0 aromatic heterocycles. The molecule has 30 heavy (non-hydrogen) atoms. The first kappa shape index (κ1) is 21.0. The fourth-order valence-electron chi connectivity index (χ4n) is 3.95. The number of hydrogen-bond donors (Lipinski definition) is 1. The van der Waals surface area contributed by atoms with Gasteiger partial charge in [0.2, 0.25) is 5.91 Å². The summed E-state index contributed by atoms with van der Waals surface area (Å²) in [7, 11) is 0. The number of carbonyl (C=O) groups is 1. The molecule has 1 atom stereocenters. The highest BCUT2D eigenvalue weighted by molar-refractivity contribution is 9.10. The smallest absolute Gasteiger partial charge is 0.270 e. The Kier molecular flexibility index (Phi) is 6.46. The van der Waals surface area contributed by atoms with Gasteiger partial charge in [-0.3, -0.25) is 19.8 Å². The van der Waals surface area contributed by atoms with E-state index in [-0.39, 0.29) is 11.6 Å². The number of nitrogens with zero attached hydrogens (tertiary/aromatic N) is 3. The average Bonchev–Trinajstić information content (AvgIpc) is 3.56. The normalized spacial score (nSPS) is 18.7. The van der Waals surface area contributed by atoms with Crippen molar-refractivity contribution in [3.8, 4) is 0 Å². The first-order valence-electron chi connectivity index (χ1n) is 10.3. The number of nitrogens with one attached hydrogen (secondary N) is 1. The van der Waals surface area contributed by atoms with Gasteiger partial charge >= 0.3 is 0 Å². The zero-order valence-electron chi connectivity index (χ0n) is 16.7. The number of hydrogen-bond acceptors (Lipinski definition) is 5. The summed E-state index contributed by atoms with van der Waals surface area (Å²) in [5.41, 5.74) is 1.45. The summed E-state index contributed by atoms with van der Waals surface area (Å²) in [5, 5.41) is 13.9. The van der Waals surface area contributed by atoms with Crippen LogP contribution in [0.2, 0.25) is 0 Å². The maximum atomic E-state index is 13.3. The van der Waals surface area contributed by atoms with Crippen molar-refractivity contribution >= 4 is 33.2 Å². The van der Waals surface area contributed by atoms with Crippen molar-refractivity contribution in [3.05, 3.63) is 68.7 Å². The van der Waals surface area contributed by atoms with Crippen molar-refractivity contribution in [3.63, 3.8) is 0 Å². The molecule has 1 amide bonds. The van der Waals surface area contributed by atoms with Gasteiger partial charge in [0.25, 0.3) is 5.69 Å². The van der Waals surface area contributed by atoms with Crippen LogP contribution in [-0.4, -0.2) is 53.4 Å². The highest BCUT2D eigenvalue weighted by Gasteiger charge is 2.32. The first-order valence-corrected chi connectivity index (χ1v) is 11.1. The predicted octanol–water partition coefficient (Wildman–Crippen LogP) is 4.06. The van der Waals surface area contributed by atoms with Crippen LogP contribution in [0.3, 0.4) is 0 Å². The summed E-state index contributed by atoms with van der Waals surface area (Å²) in [4.78, 5) is 28.6. The van der Waals surface area contributed by atoms with Crippen LogP contribution in [-0.2, 0) is 4.79 Å². The number of anilines is 1. The van der Waals surface area contributed by atoms with Gasteiger partial charge in [0.15, 0.2) is 0 Å². The molecule has 0 spiro atoms. The van der Waals surface area contributed by atoms with E-state index in [9.17, 15) is 14.9 Å². The second-order valence-electron chi connectivity index (χ2n) is 8.00. The fourth-order valence-corrected chi connectivity index (χ4v) is 4.42. The summed E-state index contributed by atoms with van der Waals surface area (Å²) in [6.07, 6.45) is 2.69. The Morgan fingerprint density at radius 1 is 1.13 bits per heavy atom. The van der Waals surface area contributed by atoms with E-state index in [1.807, 2.05) is 30.3 Å². The zero-order chi connectivity index (χ0) is 21.1.